The number of carbonyl (C=O) groups excluding carboxylic acids is 5. The zero-order chi connectivity index (χ0) is 24.7. The van der Waals surface area contributed by atoms with Crippen LogP contribution >= 0.6 is 22.6 Å². The van der Waals surface area contributed by atoms with Crippen LogP contribution in [-0.2, 0) is 19.2 Å². The highest BCUT2D eigenvalue weighted by atomic mass is 127. The molecule has 5 N–H and O–H groups in total. The maximum atomic E-state index is 13.7. The molecule has 1 aromatic carbocycles. The number of likely N-dealkylation sites (N-methyl/N-ethyl adjacent to an activating group) is 1. The molecule has 4 rings (SSSR count). The summed E-state index contributed by atoms with van der Waals surface area (Å²) in [4.78, 5) is 66.7. The van der Waals surface area contributed by atoms with Crippen LogP contribution in [0.2, 0.25) is 0 Å². The lowest BCUT2D eigenvalue weighted by Gasteiger charge is -2.56. The zero-order valence-corrected chi connectivity index (χ0v) is 20.1. The topological polar surface area (TPSA) is 175 Å². The normalized spacial score (nSPS) is 38.1. The zero-order valence-electron chi connectivity index (χ0n) is 18.0. The second-order valence-corrected chi connectivity index (χ2v) is 10.4. The Hall–Kier alpha value is -2.22. The number of rotatable bonds is 2. The first-order valence-corrected chi connectivity index (χ1v) is 11.4. The molecule has 11 heteroatoms. The molecule has 33 heavy (non-hydrogen) atoms. The van der Waals surface area contributed by atoms with Gasteiger partial charge in [0.1, 0.15) is 5.75 Å². The first-order chi connectivity index (χ1) is 15.3. The largest absolute Gasteiger partial charge is 0.506 e. The summed E-state index contributed by atoms with van der Waals surface area (Å²) in [5, 5.41) is 33.5. The Kier molecular flexibility index (Phi) is 5.55. The first kappa shape index (κ1) is 23.9. The molecular formula is C22H23IN2O8. The van der Waals surface area contributed by atoms with Crippen LogP contribution in [-0.4, -0.2) is 81.1 Å². The molecule has 0 aliphatic heterocycles. The summed E-state index contributed by atoms with van der Waals surface area (Å²) in [5.74, 6) is -13.1. The number of aliphatic hydroxyl groups excluding tert-OH is 1. The van der Waals surface area contributed by atoms with Crippen LogP contribution in [0.3, 0.4) is 0 Å². The molecule has 8 atom stereocenters. The number of nitrogens with two attached hydrogens (primary N) is 1. The quantitative estimate of drug-likeness (QED) is 0.257. The molecule has 2 saturated carbocycles. The van der Waals surface area contributed by atoms with E-state index in [1.54, 1.807) is 19.1 Å². The number of ketones is 4. The number of phenolic OH excluding ortho intramolecular Hbond substituents is 1. The molecule has 0 spiro atoms. The fourth-order valence-electron chi connectivity index (χ4n) is 5.96. The SMILES string of the molecule is C[C@H]1c2ccc(I)c(O)c2C(=O)C2C(=O)[C@]3(O)C(=O)C(C(N)=O)C(=O)[C@@H](N(C)C)[C@@H]3[C@@H](O)[C@@H]21. The average molecular weight is 570 g/mol. The number of Topliss-reactive ketones (excluding diaryl/α,β-unsaturated/α-hetero) is 4. The van der Waals surface area contributed by atoms with Crippen molar-refractivity contribution in [1.82, 2.24) is 4.90 Å². The van der Waals surface area contributed by atoms with Crippen molar-refractivity contribution in [3.05, 3.63) is 26.8 Å². The van der Waals surface area contributed by atoms with Gasteiger partial charge in [0.25, 0.3) is 0 Å². The highest BCUT2D eigenvalue weighted by Gasteiger charge is 2.72. The van der Waals surface area contributed by atoms with Crippen LogP contribution in [0.1, 0.15) is 28.8 Å². The molecule has 0 heterocycles. The summed E-state index contributed by atoms with van der Waals surface area (Å²) in [5.41, 5.74) is 2.60. The van der Waals surface area contributed by atoms with Crippen molar-refractivity contribution >= 4 is 51.6 Å². The summed E-state index contributed by atoms with van der Waals surface area (Å²) >= 11 is 1.83. The van der Waals surface area contributed by atoms with Gasteiger partial charge in [0, 0.05) is 5.92 Å². The molecule has 0 saturated heterocycles. The van der Waals surface area contributed by atoms with Gasteiger partial charge >= 0.3 is 0 Å². The Morgan fingerprint density at radius 3 is 2.30 bits per heavy atom. The van der Waals surface area contributed by atoms with Gasteiger partial charge in [-0.15, -0.1) is 0 Å². The second kappa shape index (κ2) is 7.65. The molecule has 1 aromatic rings. The van der Waals surface area contributed by atoms with Crippen LogP contribution < -0.4 is 5.73 Å². The maximum absolute atomic E-state index is 13.7. The van der Waals surface area contributed by atoms with Crippen LogP contribution in [0.5, 0.6) is 5.75 Å². The minimum absolute atomic E-state index is 0.104. The Bertz CT molecular complexity index is 1130. The van der Waals surface area contributed by atoms with E-state index in [1.807, 2.05) is 22.6 Å². The van der Waals surface area contributed by atoms with Crippen molar-refractivity contribution in [3.63, 3.8) is 0 Å². The number of benzene rings is 1. The molecule has 1 amide bonds. The predicted molar refractivity (Wildman–Crippen MR) is 120 cm³/mol. The second-order valence-electron chi connectivity index (χ2n) is 9.23. The van der Waals surface area contributed by atoms with Crippen molar-refractivity contribution in [1.29, 1.82) is 0 Å². The van der Waals surface area contributed by atoms with Crippen molar-refractivity contribution in [2.45, 2.75) is 30.6 Å². The Morgan fingerprint density at radius 1 is 1.15 bits per heavy atom. The van der Waals surface area contributed by atoms with Gasteiger partial charge in [-0.3, -0.25) is 28.9 Å². The number of aromatic hydroxyl groups is 1. The molecule has 0 radical (unpaired) electrons. The van der Waals surface area contributed by atoms with Crippen LogP contribution in [0.25, 0.3) is 0 Å². The monoisotopic (exact) mass is 570 g/mol. The molecule has 3 aliphatic carbocycles. The number of hydrogen-bond acceptors (Lipinski definition) is 9. The molecule has 2 unspecified atom stereocenters. The molecule has 2 fully saturated rings. The lowest BCUT2D eigenvalue weighted by atomic mass is 9.49. The standard InChI is InChI=1S/C22H23IN2O8/c1-6-7-4-5-8(23)15(26)10(7)16(27)11-9(6)17(28)13-14(25(2)3)18(29)12(21(24)32)20(31)22(13,33)19(11)30/h4-6,9,11-14,17,26,28,33H,1-3H3,(H2,24,32)/t6-,9+,11?,12?,13+,14-,17-,22-/m0/s1. The van der Waals surface area contributed by atoms with E-state index < -0.39 is 76.4 Å². The van der Waals surface area contributed by atoms with Gasteiger partial charge < -0.3 is 21.1 Å². The summed E-state index contributed by atoms with van der Waals surface area (Å²) < 4.78 is 0.367. The highest BCUT2D eigenvalue weighted by molar-refractivity contribution is 14.1. The molecular weight excluding hydrogens is 547 g/mol. The fraction of sp³-hybridized carbons (Fsp3) is 0.500. The number of primary amides is 1. The van der Waals surface area contributed by atoms with E-state index in [0.717, 1.165) is 0 Å². The van der Waals surface area contributed by atoms with Gasteiger partial charge in [0.2, 0.25) is 5.91 Å². The van der Waals surface area contributed by atoms with Crippen LogP contribution in [0.15, 0.2) is 12.1 Å². The van der Waals surface area contributed by atoms with Crippen molar-refractivity contribution < 1.29 is 39.3 Å². The lowest BCUT2D eigenvalue weighted by molar-refractivity contribution is -0.196. The highest BCUT2D eigenvalue weighted by Crippen LogP contribution is 2.54. The van der Waals surface area contributed by atoms with Gasteiger partial charge in [-0.25, -0.2) is 0 Å². The molecule has 10 nitrogen and oxygen atoms in total. The molecule has 0 bridgehead atoms. The van der Waals surface area contributed by atoms with Crippen molar-refractivity contribution in [2.75, 3.05) is 14.1 Å². The number of hydrogen-bond donors (Lipinski definition) is 4. The number of phenols is 1. The number of halogens is 1. The van der Waals surface area contributed by atoms with E-state index in [1.165, 1.54) is 19.0 Å². The maximum Gasteiger partial charge on any atom is 0.235 e. The van der Waals surface area contributed by atoms with Gasteiger partial charge in [0.05, 0.1) is 33.1 Å². The van der Waals surface area contributed by atoms with E-state index in [-0.39, 0.29) is 11.3 Å². The van der Waals surface area contributed by atoms with Crippen LogP contribution in [0, 0.1) is 27.2 Å². The van der Waals surface area contributed by atoms with E-state index in [4.69, 9.17) is 5.73 Å². The number of nitrogens with zero attached hydrogens (tertiary/aromatic N) is 1. The van der Waals surface area contributed by atoms with Crippen molar-refractivity contribution in [3.8, 4) is 5.75 Å². The minimum atomic E-state index is -2.98. The van der Waals surface area contributed by atoms with E-state index >= 15 is 0 Å². The Labute approximate surface area is 202 Å². The number of carbonyl (C=O) groups is 5. The third-order valence-electron chi connectivity index (χ3n) is 7.44. The third kappa shape index (κ3) is 2.92. The molecule has 3 aliphatic rings. The van der Waals surface area contributed by atoms with Gasteiger partial charge in [-0.05, 0) is 54.2 Å². The van der Waals surface area contributed by atoms with Gasteiger partial charge in [-0.2, -0.15) is 0 Å². The smallest absolute Gasteiger partial charge is 0.235 e. The average Bonchev–Trinajstić information content (AvgIpc) is 2.72. The molecule has 0 aromatic heterocycles. The Balaban J connectivity index is 1.97. The minimum Gasteiger partial charge on any atom is -0.506 e. The fourth-order valence-corrected chi connectivity index (χ4v) is 6.41. The lowest BCUT2D eigenvalue weighted by Crippen LogP contribution is -2.77. The Morgan fingerprint density at radius 2 is 1.76 bits per heavy atom. The van der Waals surface area contributed by atoms with Gasteiger partial charge in [0.15, 0.2) is 34.7 Å². The summed E-state index contributed by atoms with van der Waals surface area (Å²) in [6.45, 7) is 1.67. The molecule has 176 valence electrons. The van der Waals surface area contributed by atoms with E-state index in [0.29, 0.717) is 9.13 Å². The number of fused-ring (bicyclic) bond motifs is 3. The summed E-state index contributed by atoms with van der Waals surface area (Å²) in [6.07, 6.45) is -1.62. The summed E-state index contributed by atoms with van der Waals surface area (Å²) in [7, 11) is 2.90. The van der Waals surface area contributed by atoms with Gasteiger partial charge in [-0.1, -0.05) is 13.0 Å². The first-order valence-electron chi connectivity index (χ1n) is 10.3. The third-order valence-corrected chi connectivity index (χ3v) is 8.31. The number of amides is 1. The van der Waals surface area contributed by atoms with Crippen molar-refractivity contribution in [2.24, 2.45) is 29.4 Å². The summed E-state index contributed by atoms with van der Waals surface area (Å²) in [6, 6.07) is 1.84. The van der Waals surface area contributed by atoms with Crippen LogP contribution in [0.4, 0.5) is 0 Å². The predicted octanol–water partition coefficient (Wildman–Crippen LogP) is -0.997. The van der Waals surface area contributed by atoms with E-state index in [2.05, 4.69) is 0 Å². The van der Waals surface area contributed by atoms with E-state index in [9.17, 15) is 39.3 Å². The number of aliphatic hydroxyl groups is 2.